The Kier molecular flexibility index (Phi) is 6.69. The van der Waals surface area contributed by atoms with Gasteiger partial charge in [0.1, 0.15) is 17.1 Å². The number of allylic oxidation sites excluding steroid dienone is 1. The number of hydrogen-bond acceptors (Lipinski definition) is 6. The summed E-state index contributed by atoms with van der Waals surface area (Å²) >= 11 is 1.18. The number of carbonyl (C=O) groups is 1. The number of anilines is 2. The Bertz CT molecular complexity index is 1260. The smallest absolute Gasteiger partial charge is 0.333 e. The molecule has 8 nitrogen and oxygen atoms in total. The predicted octanol–water partition coefficient (Wildman–Crippen LogP) is 2.74. The van der Waals surface area contributed by atoms with E-state index in [1.54, 1.807) is 19.1 Å². The number of rotatable bonds is 8. The molecule has 3 rings (SSSR count). The molecule has 0 unspecified atom stereocenters. The van der Waals surface area contributed by atoms with Crippen LogP contribution in [0.15, 0.2) is 40.4 Å². The summed E-state index contributed by atoms with van der Waals surface area (Å²) in [6.07, 6.45) is 1.44. The van der Waals surface area contributed by atoms with Crippen LogP contribution in [-0.2, 0) is 17.9 Å². The lowest BCUT2D eigenvalue weighted by molar-refractivity contribution is -0.116. The number of nitrogens with one attached hydrogen (secondary N) is 1. The molecule has 10 heteroatoms. The summed E-state index contributed by atoms with van der Waals surface area (Å²) in [7, 11) is 0. The number of halogens is 1. The van der Waals surface area contributed by atoms with E-state index in [2.05, 4.69) is 16.9 Å². The fourth-order valence-electron chi connectivity index (χ4n) is 3.15. The molecule has 1 N–H and O–H groups in total. The fourth-order valence-corrected chi connectivity index (χ4v) is 4.29. The molecule has 1 aromatic carbocycles. The van der Waals surface area contributed by atoms with Gasteiger partial charge < -0.3 is 10.2 Å². The number of aromatic nitrogens is 3. The lowest BCUT2D eigenvalue weighted by Crippen LogP contribution is -2.41. The minimum atomic E-state index is -0.654. The van der Waals surface area contributed by atoms with E-state index in [0.717, 1.165) is 4.57 Å². The fraction of sp³-hybridized carbons (Fsp3) is 0.333. The number of benzene rings is 1. The van der Waals surface area contributed by atoms with Crippen LogP contribution in [0, 0.1) is 12.7 Å². The number of fused-ring (bicyclic) bond motifs is 1. The predicted molar refractivity (Wildman–Crippen MR) is 122 cm³/mol. The first-order chi connectivity index (χ1) is 14.8. The van der Waals surface area contributed by atoms with Gasteiger partial charge in [0.15, 0.2) is 10.8 Å². The Morgan fingerprint density at radius 2 is 2.00 bits per heavy atom. The van der Waals surface area contributed by atoms with E-state index in [1.807, 2.05) is 18.7 Å². The van der Waals surface area contributed by atoms with Gasteiger partial charge in [0.05, 0.1) is 0 Å². The molecular weight excluding hydrogens is 421 g/mol. The number of nitrogens with zero attached hydrogens (tertiary/aromatic N) is 4. The first-order valence-electron chi connectivity index (χ1n) is 9.86. The monoisotopic (exact) mass is 445 g/mol. The molecule has 0 spiro atoms. The number of amides is 1. The van der Waals surface area contributed by atoms with Gasteiger partial charge in [-0.3, -0.25) is 18.7 Å². The van der Waals surface area contributed by atoms with Crippen molar-refractivity contribution < 1.29 is 9.18 Å². The Balaban J connectivity index is 2.07. The molecule has 0 aliphatic heterocycles. The maximum atomic E-state index is 13.8. The van der Waals surface area contributed by atoms with Gasteiger partial charge in [-0.1, -0.05) is 23.5 Å². The summed E-state index contributed by atoms with van der Waals surface area (Å²) < 4.78 is 16.3. The average molecular weight is 446 g/mol. The second-order valence-corrected chi connectivity index (χ2v) is 7.88. The van der Waals surface area contributed by atoms with Gasteiger partial charge in [-0.2, -0.15) is 0 Å². The highest BCUT2D eigenvalue weighted by Gasteiger charge is 2.21. The molecule has 0 saturated carbocycles. The number of hydrogen-bond donors (Lipinski definition) is 1. The highest BCUT2D eigenvalue weighted by Crippen LogP contribution is 2.25. The van der Waals surface area contributed by atoms with Crippen molar-refractivity contribution in [2.75, 3.05) is 23.3 Å². The van der Waals surface area contributed by atoms with Crippen molar-refractivity contribution in [1.82, 2.24) is 14.1 Å². The summed E-state index contributed by atoms with van der Waals surface area (Å²) in [4.78, 5) is 45.0. The van der Waals surface area contributed by atoms with Crippen molar-refractivity contribution in [3.05, 3.63) is 63.1 Å². The Hall–Kier alpha value is -3.27. The maximum Gasteiger partial charge on any atom is 0.333 e. The summed E-state index contributed by atoms with van der Waals surface area (Å²) in [6, 6.07) is 4.34. The Labute approximate surface area is 182 Å². The zero-order chi connectivity index (χ0) is 22.7. The molecule has 2 heterocycles. The molecule has 164 valence electrons. The topological polar surface area (TPSA) is 89.2 Å². The first kappa shape index (κ1) is 22.4. The van der Waals surface area contributed by atoms with Crippen molar-refractivity contribution in [2.24, 2.45) is 0 Å². The lowest BCUT2D eigenvalue weighted by atomic mass is 10.2. The third kappa shape index (κ3) is 4.43. The van der Waals surface area contributed by atoms with Crippen LogP contribution in [0.2, 0.25) is 0 Å². The third-order valence-electron chi connectivity index (χ3n) is 4.86. The molecule has 31 heavy (non-hydrogen) atoms. The van der Waals surface area contributed by atoms with Crippen molar-refractivity contribution in [3.8, 4) is 0 Å². The molecule has 1 amide bonds. The Morgan fingerprint density at radius 3 is 2.61 bits per heavy atom. The molecule has 0 aliphatic rings. The number of carbonyl (C=O) groups excluding carboxylic acids is 1. The SMILES string of the molecule is C=CCn1c(=O)c2sc(N(CC)CC)nc2n(CC(=O)Nc2ccc(C)c(F)c2)c1=O. The summed E-state index contributed by atoms with van der Waals surface area (Å²) in [5.41, 5.74) is -0.225. The van der Waals surface area contributed by atoms with E-state index in [4.69, 9.17) is 0 Å². The van der Waals surface area contributed by atoms with Crippen LogP contribution >= 0.6 is 11.3 Å². The average Bonchev–Trinajstić information content (AvgIpc) is 3.17. The van der Waals surface area contributed by atoms with Gasteiger partial charge in [0.2, 0.25) is 5.91 Å². The van der Waals surface area contributed by atoms with Crippen LogP contribution in [0.4, 0.5) is 15.2 Å². The quantitative estimate of drug-likeness (QED) is 0.539. The molecule has 0 radical (unpaired) electrons. The molecule has 0 bridgehead atoms. The molecule has 0 aliphatic carbocycles. The van der Waals surface area contributed by atoms with Crippen LogP contribution in [0.25, 0.3) is 10.3 Å². The first-order valence-corrected chi connectivity index (χ1v) is 10.7. The third-order valence-corrected chi connectivity index (χ3v) is 5.95. The van der Waals surface area contributed by atoms with Crippen LogP contribution in [0.3, 0.4) is 0 Å². The molecule has 2 aromatic heterocycles. The maximum absolute atomic E-state index is 13.8. The second kappa shape index (κ2) is 9.25. The summed E-state index contributed by atoms with van der Waals surface area (Å²) in [5, 5.41) is 3.19. The van der Waals surface area contributed by atoms with Gasteiger partial charge in [0, 0.05) is 25.3 Å². The molecule has 3 aromatic rings. The lowest BCUT2D eigenvalue weighted by Gasteiger charge is -2.16. The van der Waals surface area contributed by atoms with Crippen LogP contribution in [0.5, 0.6) is 0 Å². The van der Waals surface area contributed by atoms with Crippen molar-refractivity contribution >= 4 is 38.4 Å². The van der Waals surface area contributed by atoms with Crippen LogP contribution < -0.4 is 21.5 Å². The van der Waals surface area contributed by atoms with E-state index in [9.17, 15) is 18.8 Å². The largest absolute Gasteiger partial charge is 0.349 e. The van der Waals surface area contributed by atoms with E-state index in [0.29, 0.717) is 23.8 Å². The van der Waals surface area contributed by atoms with E-state index >= 15 is 0 Å². The molecule has 0 atom stereocenters. The number of aryl methyl sites for hydroxylation is 1. The van der Waals surface area contributed by atoms with Crippen molar-refractivity contribution in [3.63, 3.8) is 0 Å². The van der Waals surface area contributed by atoms with Crippen LogP contribution in [0.1, 0.15) is 19.4 Å². The highest BCUT2D eigenvalue weighted by atomic mass is 32.1. The van der Waals surface area contributed by atoms with E-state index in [-0.39, 0.29) is 29.1 Å². The molecule has 0 saturated heterocycles. The van der Waals surface area contributed by atoms with Gasteiger partial charge >= 0.3 is 5.69 Å². The zero-order valence-electron chi connectivity index (χ0n) is 17.6. The minimum Gasteiger partial charge on any atom is -0.349 e. The van der Waals surface area contributed by atoms with Gasteiger partial charge in [-0.25, -0.2) is 14.2 Å². The van der Waals surface area contributed by atoms with Gasteiger partial charge in [-0.15, -0.1) is 6.58 Å². The van der Waals surface area contributed by atoms with Gasteiger partial charge in [-0.05, 0) is 38.5 Å². The Morgan fingerprint density at radius 1 is 1.29 bits per heavy atom. The molecule has 0 fully saturated rings. The van der Waals surface area contributed by atoms with Crippen molar-refractivity contribution in [2.45, 2.75) is 33.9 Å². The summed E-state index contributed by atoms with van der Waals surface area (Å²) in [6.45, 7) is 10.2. The normalized spacial score (nSPS) is 11.0. The minimum absolute atomic E-state index is 0.0108. The van der Waals surface area contributed by atoms with Gasteiger partial charge in [0.25, 0.3) is 5.56 Å². The second-order valence-electron chi connectivity index (χ2n) is 6.91. The highest BCUT2D eigenvalue weighted by molar-refractivity contribution is 7.22. The summed E-state index contributed by atoms with van der Waals surface area (Å²) in [5.74, 6) is -0.979. The van der Waals surface area contributed by atoms with E-state index < -0.39 is 23.0 Å². The zero-order valence-corrected chi connectivity index (χ0v) is 18.5. The van der Waals surface area contributed by atoms with Crippen molar-refractivity contribution in [1.29, 1.82) is 0 Å². The standard InChI is InChI=1S/C21H24FN5O3S/c1-5-10-26-19(29)17-18(24-20(31-17)25(6-2)7-3)27(21(26)30)12-16(28)23-14-9-8-13(4)15(22)11-14/h5,8-9,11H,1,6-7,10,12H2,2-4H3,(H,23,28). The number of thiazole rings is 1. The van der Waals surface area contributed by atoms with Crippen LogP contribution in [-0.4, -0.2) is 33.1 Å². The molecular formula is C21H24FN5O3S. The van der Waals surface area contributed by atoms with E-state index in [1.165, 1.54) is 28.0 Å².